The van der Waals surface area contributed by atoms with Gasteiger partial charge in [-0.3, -0.25) is 0 Å². The molecule has 0 unspecified atom stereocenters. The van der Waals surface area contributed by atoms with Gasteiger partial charge in [0.05, 0.1) is 18.4 Å². The van der Waals surface area contributed by atoms with Gasteiger partial charge in [0, 0.05) is 6.54 Å². The summed E-state index contributed by atoms with van der Waals surface area (Å²) in [5.41, 5.74) is 0.663. The van der Waals surface area contributed by atoms with Gasteiger partial charge in [-0.25, -0.2) is 4.79 Å². The predicted molar refractivity (Wildman–Crippen MR) is 102 cm³/mol. The third-order valence-electron chi connectivity index (χ3n) is 3.28. The van der Waals surface area contributed by atoms with Crippen LogP contribution >= 0.6 is 0 Å². The molecule has 27 heavy (non-hydrogen) atoms. The number of para-hydroxylation sites is 1. The third-order valence-corrected chi connectivity index (χ3v) is 3.28. The van der Waals surface area contributed by atoms with Crippen molar-refractivity contribution in [3.63, 3.8) is 0 Å². The Balaban J connectivity index is 0.00000158. The van der Waals surface area contributed by atoms with E-state index in [2.05, 4.69) is 17.6 Å². The topological polar surface area (TPSA) is 82.6 Å². The summed E-state index contributed by atoms with van der Waals surface area (Å²) in [6.45, 7) is 2.74. The first-order valence-corrected chi connectivity index (χ1v) is 8.55. The van der Waals surface area contributed by atoms with E-state index in [4.69, 9.17) is 9.47 Å². The number of hydrogen-bond acceptors (Lipinski definition) is 6. The quantitative estimate of drug-likeness (QED) is 0.399. The van der Waals surface area contributed by atoms with E-state index < -0.39 is 5.97 Å². The van der Waals surface area contributed by atoms with Crippen LogP contribution in [-0.4, -0.2) is 33.7 Å². The van der Waals surface area contributed by atoms with Crippen LogP contribution in [0.4, 0.5) is 5.69 Å². The molecule has 2 N–H and O–H groups in total. The molecule has 2 aromatic rings. The molecule has 0 spiro atoms. The molecule has 0 aliphatic carbocycles. The fourth-order valence-electron chi connectivity index (χ4n) is 2.13. The van der Waals surface area contributed by atoms with Crippen molar-refractivity contribution in [1.82, 2.24) is 5.32 Å². The Morgan fingerprint density at radius 1 is 1.15 bits per heavy atom. The van der Waals surface area contributed by atoms with E-state index in [1.54, 1.807) is 12.1 Å². The van der Waals surface area contributed by atoms with E-state index >= 15 is 0 Å². The first-order valence-electron chi connectivity index (χ1n) is 8.55. The van der Waals surface area contributed by atoms with Crippen molar-refractivity contribution in [2.24, 2.45) is 0 Å². The number of benzene rings is 2. The Kier molecular flexibility index (Phi) is 14.3. The van der Waals surface area contributed by atoms with Gasteiger partial charge in [-0.05, 0) is 38.7 Å². The number of anilines is 1. The molecule has 0 bridgehead atoms. The zero-order chi connectivity index (χ0) is 19.4. The zero-order valence-electron chi connectivity index (χ0n) is 16.8. The molecule has 0 aliphatic heterocycles. The van der Waals surface area contributed by atoms with Gasteiger partial charge in [-0.2, -0.15) is 0 Å². The molecule has 2 rings (SSSR count). The largest absolute Gasteiger partial charge is 1.00 e. The first-order chi connectivity index (χ1) is 12.6. The molecule has 0 saturated carbocycles. The zero-order valence-corrected chi connectivity index (χ0v) is 19.9. The Morgan fingerprint density at radius 2 is 1.78 bits per heavy atom. The van der Waals surface area contributed by atoms with Gasteiger partial charge in [0.25, 0.3) is 0 Å². The monoisotopic (exact) mass is 398 g/mol. The van der Waals surface area contributed by atoms with Crippen LogP contribution in [0.2, 0.25) is 0 Å². The van der Waals surface area contributed by atoms with E-state index in [0.717, 1.165) is 12.8 Å². The summed E-state index contributed by atoms with van der Waals surface area (Å²) < 4.78 is 10.6. The van der Waals surface area contributed by atoms with E-state index in [1.165, 1.54) is 19.2 Å². The SMILES string of the molecule is CCCCNc1c(Oc2ccccc2)cc([O-])cc1C(=O)OC.CNC.[K+]. The van der Waals surface area contributed by atoms with Gasteiger partial charge in [0.2, 0.25) is 0 Å². The maximum Gasteiger partial charge on any atom is 1.00 e. The second-order valence-corrected chi connectivity index (χ2v) is 5.53. The number of rotatable bonds is 7. The molecule has 0 fully saturated rings. The minimum absolute atomic E-state index is 0. The summed E-state index contributed by atoms with van der Waals surface area (Å²) in [6.07, 6.45) is 1.94. The number of carbonyl (C=O) groups is 1. The molecule has 0 atom stereocenters. The molecule has 2 aromatic carbocycles. The van der Waals surface area contributed by atoms with Crippen molar-refractivity contribution in [3.8, 4) is 17.2 Å². The van der Waals surface area contributed by atoms with Crippen LogP contribution in [0, 0.1) is 0 Å². The summed E-state index contributed by atoms with van der Waals surface area (Å²) in [7, 11) is 5.04. The van der Waals surface area contributed by atoms with Gasteiger partial charge < -0.3 is 25.2 Å². The Hall–Kier alpha value is -1.09. The molecular weight excluding hydrogens is 371 g/mol. The molecule has 6 nitrogen and oxygen atoms in total. The normalized spacial score (nSPS) is 9.33. The molecule has 0 amide bonds. The van der Waals surface area contributed by atoms with Crippen molar-refractivity contribution in [3.05, 3.63) is 48.0 Å². The molecule has 0 aromatic heterocycles. The van der Waals surface area contributed by atoms with Crippen molar-refractivity contribution >= 4 is 11.7 Å². The van der Waals surface area contributed by atoms with Gasteiger partial charge in [-0.15, -0.1) is 5.75 Å². The second-order valence-electron chi connectivity index (χ2n) is 5.53. The first kappa shape index (κ1) is 25.9. The van der Waals surface area contributed by atoms with Crippen LogP contribution in [0.3, 0.4) is 0 Å². The molecule has 0 radical (unpaired) electrons. The van der Waals surface area contributed by atoms with Gasteiger partial charge in [-0.1, -0.05) is 37.6 Å². The van der Waals surface area contributed by atoms with Crippen LogP contribution in [-0.2, 0) is 4.74 Å². The number of nitrogens with one attached hydrogen (secondary N) is 2. The maximum atomic E-state index is 12.0. The van der Waals surface area contributed by atoms with E-state index in [0.29, 0.717) is 23.7 Å². The summed E-state index contributed by atoms with van der Waals surface area (Å²) >= 11 is 0. The summed E-state index contributed by atoms with van der Waals surface area (Å²) in [4.78, 5) is 12.0. The van der Waals surface area contributed by atoms with Gasteiger partial charge in [0.15, 0.2) is 5.75 Å². The minimum Gasteiger partial charge on any atom is -0.872 e. The number of methoxy groups -OCH3 is 1. The number of unbranched alkanes of at least 4 members (excludes halogenated alkanes) is 1. The number of esters is 1. The molecule has 7 heteroatoms. The summed E-state index contributed by atoms with van der Waals surface area (Å²) in [5.74, 6) is 0.0321. The molecular formula is C20H27KN2O4. The van der Waals surface area contributed by atoms with Crippen molar-refractivity contribution in [2.75, 3.05) is 33.1 Å². The summed E-state index contributed by atoms with van der Waals surface area (Å²) in [6, 6.07) is 11.7. The summed E-state index contributed by atoms with van der Waals surface area (Å²) in [5, 5.41) is 17.8. The van der Waals surface area contributed by atoms with Gasteiger partial charge >= 0.3 is 57.4 Å². The maximum absolute atomic E-state index is 12.0. The smallest absolute Gasteiger partial charge is 0.872 e. The van der Waals surface area contributed by atoms with Crippen LogP contribution in [0.1, 0.15) is 30.1 Å². The van der Waals surface area contributed by atoms with Gasteiger partial charge in [0.1, 0.15) is 5.75 Å². The fraction of sp³-hybridized carbons (Fsp3) is 0.350. The Bertz CT molecular complexity index is 681. The Morgan fingerprint density at radius 3 is 2.33 bits per heavy atom. The number of ether oxygens (including phenoxy) is 2. The van der Waals surface area contributed by atoms with Crippen molar-refractivity contribution in [1.29, 1.82) is 0 Å². The standard InChI is InChI=1S/C18H21NO4.C2H7N.K/c1-3-4-10-19-17-15(18(21)22-2)11-13(20)12-16(17)23-14-8-6-5-7-9-14;1-3-2;/h5-9,11-12,19-20H,3-4,10H2,1-2H3;3H,1-2H3;/q;;+1/p-1. The van der Waals surface area contributed by atoms with Crippen LogP contribution in [0.15, 0.2) is 42.5 Å². The van der Waals surface area contributed by atoms with Crippen molar-refractivity contribution < 1.29 is 70.8 Å². The van der Waals surface area contributed by atoms with Crippen LogP contribution < -0.4 is 71.9 Å². The fourth-order valence-corrected chi connectivity index (χ4v) is 2.13. The molecule has 0 aliphatic rings. The van der Waals surface area contributed by atoms with E-state index in [1.807, 2.05) is 32.3 Å². The van der Waals surface area contributed by atoms with Crippen LogP contribution in [0.25, 0.3) is 0 Å². The predicted octanol–water partition coefficient (Wildman–Crippen LogP) is 0.391. The third kappa shape index (κ3) is 9.09. The molecule has 0 saturated heterocycles. The Labute approximate surface area is 204 Å². The average Bonchev–Trinajstić information content (AvgIpc) is 2.64. The molecule has 0 heterocycles. The van der Waals surface area contributed by atoms with Crippen LogP contribution in [0.5, 0.6) is 17.2 Å². The average molecular weight is 399 g/mol. The second kappa shape index (κ2) is 14.9. The number of hydrogen-bond donors (Lipinski definition) is 2. The van der Waals surface area contributed by atoms with Crippen molar-refractivity contribution in [2.45, 2.75) is 19.8 Å². The molecule has 142 valence electrons. The minimum atomic E-state index is -0.570. The number of carbonyl (C=O) groups excluding carboxylic acids is 1. The van der Waals surface area contributed by atoms with E-state index in [-0.39, 0.29) is 62.7 Å². The van der Waals surface area contributed by atoms with E-state index in [9.17, 15) is 9.90 Å².